The molecule has 0 radical (unpaired) electrons. The normalized spacial score (nSPS) is 21.4. The van der Waals surface area contributed by atoms with E-state index in [1.165, 1.54) is 69.2 Å². The van der Waals surface area contributed by atoms with E-state index in [9.17, 15) is 55.7 Å². The summed E-state index contributed by atoms with van der Waals surface area (Å²) in [6.07, 6.45) is -4.21. The van der Waals surface area contributed by atoms with Crippen molar-refractivity contribution >= 4 is 58.5 Å². The Morgan fingerprint density at radius 2 is 1.03 bits per heavy atom. The summed E-state index contributed by atoms with van der Waals surface area (Å²) in [7, 11) is 0. The molecule has 0 saturated carbocycles. The van der Waals surface area contributed by atoms with Crippen molar-refractivity contribution < 1.29 is 74.0 Å². The molecular weight excluding hydrogens is 961 g/mol. The fraction of sp³-hybridized carbons (Fsp3) is 0.381. The largest absolute Gasteiger partial charge is 0.472 e. The lowest BCUT2D eigenvalue weighted by atomic mass is 10.00. The van der Waals surface area contributed by atoms with Gasteiger partial charge < -0.3 is 38.3 Å². The zero-order chi connectivity index (χ0) is 48.4. The number of carbonyl (C=O) groups excluding carboxylic acids is 4. The van der Waals surface area contributed by atoms with E-state index in [2.05, 4.69) is 9.97 Å². The number of rotatable bonds is 6. The monoisotopic (exact) mass is 996 g/mol. The van der Waals surface area contributed by atoms with Crippen molar-refractivity contribution in [1.82, 2.24) is 38.4 Å². The Bertz CT molecular complexity index is 2710. The number of furan rings is 2. The molecule has 2 N–H and O–H groups in total. The number of alkyl halides is 6. The van der Waals surface area contributed by atoms with Gasteiger partial charge in [0.05, 0.1) is 73.6 Å². The molecule has 360 valence electrons. The minimum Gasteiger partial charge on any atom is -0.472 e. The van der Waals surface area contributed by atoms with Crippen molar-refractivity contribution in [3.8, 4) is 22.3 Å². The van der Waals surface area contributed by atoms with Crippen LogP contribution >= 0.6 is 23.2 Å². The van der Waals surface area contributed by atoms with Crippen molar-refractivity contribution in [2.45, 2.75) is 49.5 Å². The fourth-order valence-corrected chi connectivity index (χ4v) is 9.25. The van der Waals surface area contributed by atoms with Crippen LogP contribution in [0.3, 0.4) is 0 Å². The van der Waals surface area contributed by atoms with Crippen molar-refractivity contribution in [3.63, 3.8) is 0 Å². The molecule has 10 heterocycles. The van der Waals surface area contributed by atoms with Crippen molar-refractivity contribution in [1.29, 1.82) is 0 Å². The van der Waals surface area contributed by atoms with E-state index in [1.807, 2.05) is 0 Å². The average Bonchev–Trinajstić information content (AvgIpc) is 4.17. The van der Waals surface area contributed by atoms with Gasteiger partial charge in [-0.15, -0.1) is 0 Å². The van der Waals surface area contributed by atoms with Gasteiger partial charge in [-0.1, -0.05) is 23.2 Å². The number of likely N-dealkylation sites (tertiary alicyclic amines) is 2. The zero-order valence-electron chi connectivity index (χ0n) is 34.9. The molecule has 0 bridgehead atoms. The Morgan fingerprint density at radius 1 is 0.632 bits per heavy atom. The quantitative estimate of drug-likeness (QED) is 0.170. The average molecular weight is 998 g/mol. The van der Waals surface area contributed by atoms with Gasteiger partial charge >= 0.3 is 24.5 Å². The maximum atomic E-state index is 13.8. The fourth-order valence-electron chi connectivity index (χ4n) is 8.74. The van der Waals surface area contributed by atoms with Crippen LogP contribution in [-0.4, -0.2) is 149 Å². The Hall–Kier alpha value is -6.50. The lowest BCUT2D eigenvalue weighted by Gasteiger charge is -2.38. The first-order valence-electron chi connectivity index (χ1n) is 20.7. The topological polar surface area (TPSA) is 201 Å². The standard InChI is InChI=1S/2C21H18ClF3N4O5/c2*22-17-16(19(31)27-3-1-14(15(30)9-27)28-4-6-34-20(28)32)26-18-13(21(23,24)25)7-12(8-29(17)18)11-2-5-33-10-11/h2*2,5,7-8,10,14-15,30H,1,3-4,6,9H2/t2*14-,15-/m10/s1. The number of imidazole rings is 2. The summed E-state index contributed by atoms with van der Waals surface area (Å²) in [4.78, 5) is 63.2. The third-order valence-corrected chi connectivity index (χ3v) is 12.8. The van der Waals surface area contributed by atoms with Gasteiger partial charge in [0.15, 0.2) is 22.7 Å². The van der Waals surface area contributed by atoms with E-state index in [0.717, 1.165) is 20.9 Å². The highest BCUT2D eigenvalue weighted by molar-refractivity contribution is 6.33. The van der Waals surface area contributed by atoms with Crippen molar-refractivity contribution in [3.05, 3.63) is 94.5 Å². The molecule has 0 aromatic carbocycles. The van der Waals surface area contributed by atoms with Crippen molar-refractivity contribution in [2.24, 2.45) is 0 Å². The number of amides is 4. The summed E-state index contributed by atoms with van der Waals surface area (Å²) in [6, 6.07) is 3.79. The summed E-state index contributed by atoms with van der Waals surface area (Å²) >= 11 is 12.7. The van der Waals surface area contributed by atoms with E-state index in [0.29, 0.717) is 24.2 Å². The van der Waals surface area contributed by atoms with Crippen LogP contribution in [0.2, 0.25) is 10.3 Å². The van der Waals surface area contributed by atoms with Gasteiger partial charge in [-0.3, -0.25) is 28.2 Å². The number of halogens is 8. The van der Waals surface area contributed by atoms with Crippen LogP contribution < -0.4 is 0 Å². The number of pyridine rings is 2. The van der Waals surface area contributed by atoms with Crippen LogP contribution in [0, 0.1) is 0 Å². The lowest BCUT2D eigenvalue weighted by molar-refractivity contribution is -0.137. The maximum Gasteiger partial charge on any atom is 0.420 e. The van der Waals surface area contributed by atoms with Gasteiger partial charge in [0.25, 0.3) is 11.8 Å². The Kier molecular flexibility index (Phi) is 12.2. The summed E-state index contributed by atoms with van der Waals surface area (Å²) in [5.41, 5.74) is -2.69. The lowest BCUT2D eigenvalue weighted by Crippen LogP contribution is -2.55. The summed E-state index contributed by atoms with van der Waals surface area (Å²) in [6.45, 7) is 1.17. The van der Waals surface area contributed by atoms with Crippen LogP contribution in [0.15, 0.2) is 70.5 Å². The first-order valence-corrected chi connectivity index (χ1v) is 21.5. The minimum absolute atomic E-state index is 0.135. The Morgan fingerprint density at radius 3 is 1.34 bits per heavy atom. The molecule has 4 amide bonds. The van der Waals surface area contributed by atoms with Crippen LogP contribution in [0.4, 0.5) is 35.9 Å². The number of cyclic esters (lactones) is 2. The number of nitrogens with zero attached hydrogens (tertiary/aromatic N) is 8. The molecule has 4 saturated heterocycles. The number of hydrogen-bond donors (Lipinski definition) is 2. The number of aliphatic hydroxyl groups excluding tert-OH is 2. The molecule has 68 heavy (non-hydrogen) atoms. The van der Waals surface area contributed by atoms with E-state index in [-0.39, 0.29) is 85.1 Å². The van der Waals surface area contributed by atoms with E-state index < -0.39 is 83.1 Å². The molecule has 4 atom stereocenters. The van der Waals surface area contributed by atoms with Crippen LogP contribution in [0.5, 0.6) is 0 Å². The van der Waals surface area contributed by atoms with Crippen molar-refractivity contribution in [2.75, 3.05) is 52.5 Å². The molecule has 6 aromatic heterocycles. The number of aliphatic hydroxyl groups is 2. The van der Waals surface area contributed by atoms with Crippen LogP contribution in [-0.2, 0) is 21.8 Å². The predicted molar refractivity (Wildman–Crippen MR) is 223 cm³/mol. The molecule has 4 aliphatic heterocycles. The zero-order valence-corrected chi connectivity index (χ0v) is 36.4. The Balaban J connectivity index is 0.000000170. The van der Waals surface area contributed by atoms with E-state index in [1.54, 1.807) is 0 Å². The smallest absolute Gasteiger partial charge is 0.420 e. The summed E-state index contributed by atoms with van der Waals surface area (Å²) in [5.74, 6) is -1.43. The molecule has 0 spiro atoms. The van der Waals surface area contributed by atoms with E-state index in [4.69, 9.17) is 41.5 Å². The molecule has 4 fully saturated rings. The number of piperidine rings is 2. The highest BCUT2D eigenvalue weighted by atomic mass is 35.5. The van der Waals surface area contributed by atoms with Gasteiger partial charge in [0.1, 0.15) is 23.5 Å². The highest BCUT2D eigenvalue weighted by Crippen LogP contribution is 2.39. The molecule has 4 aliphatic rings. The first-order chi connectivity index (χ1) is 32.3. The molecule has 10 rings (SSSR count). The molecule has 6 aromatic rings. The molecule has 0 unspecified atom stereocenters. The second-order valence-electron chi connectivity index (χ2n) is 16.2. The number of β-amino-alcohol motifs (C(OH)–C–C–N with tert-alkyl or cyclic N) is 2. The number of ether oxygens (including phenoxy) is 2. The molecule has 18 nitrogen and oxygen atoms in total. The third-order valence-electron chi connectivity index (χ3n) is 12.1. The summed E-state index contributed by atoms with van der Waals surface area (Å²) in [5, 5.41) is 20.5. The third kappa shape index (κ3) is 8.64. The van der Waals surface area contributed by atoms with Gasteiger partial charge in [0, 0.05) is 60.8 Å². The van der Waals surface area contributed by atoms with E-state index >= 15 is 0 Å². The summed E-state index contributed by atoms with van der Waals surface area (Å²) < 4.78 is 105. The number of fused-ring (bicyclic) bond motifs is 2. The number of aromatic nitrogens is 4. The Labute approximate surface area is 388 Å². The highest BCUT2D eigenvalue weighted by Gasteiger charge is 2.43. The minimum atomic E-state index is -4.76. The van der Waals surface area contributed by atoms with Crippen LogP contribution in [0.25, 0.3) is 33.5 Å². The van der Waals surface area contributed by atoms with Gasteiger partial charge in [-0.05, 0) is 37.1 Å². The molecular formula is C42H36Cl2F6N8O10. The van der Waals surface area contributed by atoms with Gasteiger partial charge in [-0.2, -0.15) is 26.3 Å². The number of hydrogen-bond acceptors (Lipinski definition) is 12. The first kappa shape index (κ1) is 46.6. The second-order valence-corrected chi connectivity index (χ2v) is 16.9. The maximum absolute atomic E-state index is 13.8. The molecule has 0 aliphatic carbocycles. The second kappa shape index (κ2) is 17.9. The van der Waals surface area contributed by atoms with Gasteiger partial charge in [0.2, 0.25) is 0 Å². The number of carbonyl (C=O) groups is 4. The van der Waals surface area contributed by atoms with Crippen LogP contribution in [0.1, 0.15) is 44.9 Å². The molecule has 26 heteroatoms. The predicted octanol–water partition coefficient (Wildman–Crippen LogP) is 6.59. The SMILES string of the molecule is O=C(c1nc2c(C(F)(F)F)cc(-c3ccoc3)cn2c1Cl)N1CC[C@@H](N2CCOC2=O)[C@H](O)C1.O=C(c1nc2c(C(F)(F)F)cc(-c3ccoc3)cn2c1Cl)N1CC[C@H](N2CCOC2=O)[C@@H](O)C1. The van der Waals surface area contributed by atoms with Gasteiger partial charge in [-0.25, -0.2) is 19.6 Å².